The molecule has 1 amide bonds. The molecule has 0 fully saturated rings. The van der Waals surface area contributed by atoms with Crippen molar-refractivity contribution >= 4 is 23.3 Å². The monoisotopic (exact) mass is 426 g/mol. The number of aryl methyl sites for hydroxylation is 1. The Morgan fingerprint density at radius 3 is 2.66 bits per heavy atom. The number of amides is 1. The molecule has 0 saturated heterocycles. The van der Waals surface area contributed by atoms with Crippen molar-refractivity contribution in [1.29, 1.82) is 0 Å². The Bertz CT molecular complexity index is 978. The number of hydrogen-bond acceptors (Lipinski definition) is 6. The van der Waals surface area contributed by atoms with E-state index in [0.717, 1.165) is 6.20 Å². The van der Waals surface area contributed by atoms with E-state index in [2.05, 4.69) is 20.3 Å². The lowest BCUT2D eigenvalue weighted by atomic mass is 10.0. The molecule has 0 radical (unpaired) electrons. The average Bonchev–Trinajstić information content (AvgIpc) is 2.64. The highest BCUT2D eigenvalue weighted by Gasteiger charge is 2.38. The molecule has 2 aromatic heterocycles. The van der Waals surface area contributed by atoms with Crippen molar-refractivity contribution < 1.29 is 18.0 Å². The minimum Gasteiger partial charge on any atom is -0.399 e. The molecule has 3 N–H and O–H groups in total. The Hall–Kier alpha value is -2.88. The van der Waals surface area contributed by atoms with E-state index in [4.69, 9.17) is 17.3 Å². The Morgan fingerprint density at radius 1 is 1.31 bits per heavy atom. The fraction of sp³-hybridized carbons (Fsp3) is 0.333. The van der Waals surface area contributed by atoms with Crippen LogP contribution in [0.1, 0.15) is 35.2 Å². The molecule has 0 aromatic carbocycles. The fourth-order valence-electron chi connectivity index (χ4n) is 3.04. The number of alkyl halides is 3. The van der Waals surface area contributed by atoms with Gasteiger partial charge in [0.1, 0.15) is 11.6 Å². The maximum Gasteiger partial charge on any atom is 0.434 e. The Balaban J connectivity index is 1.85. The summed E-state index contributed by atoms with van der Waals surface area (Å²) in [6.07, 6.45) is -1.86. The zero-order valence-corrected chi connectivity index (χ0v) is 16.3. The van der Waals surface area contributed by atoms with Gasteiger partial charge >= 0.3 is 6.18 Å². The molecule has 0 aliphatic carbocycles. The predicted molar refractivity (Wildman–Crippen MR) is 101 cm³/mol. The summed E-state index contributed by atoms with van der Waals surface area (Å²) < 4.78 is 39.1. The number of hydrogen-bond donors (Lipinski definition) is 2. The molecule has 1 aliphatic heterocycles. The van der Waals surface area contributed by atoms with Gasteiger partial charge in [-0.05, 0) is 26.0 Å². The quantitative estimate of drug-likeness (QED) is 0.781. The normalized spacial score (nSPS) is 17.4. The standard InChI is InChI=1S/C18H18ClF3N6O/c1-9-15(23)12(27-13-4-7-24-10(2)26-13)5-8-28(9)17(29)11-3-6-25-16(14(11)19)18(20,21)22/h3-4,6-7,9H,5,8,23H2,1-2H3,(H,24,26,27). The van der Waals surface area contributed by atoms with Crippen LogP contribution in [0.5, 0.6) is 0 Å². The van der Waals surface area contributed by atoms with Crippen molar-refractivity contribution in [3.05, 3.63) is 58.0 Å². The van der Waals surface area contributed by atoms with Gasteiger partial charge in [-0.2, -0.15) is 13.2 Å². The Morgan fingerprint density at radius 2 is 2.00 bits per heavy atom. The van der Waals surface area contributed by atoms with Crippen LogP contribution in [0.2, 0.25) is 5.02 Å². The lowest BCUT2D eigenvalue weighted by molar-refractivity contribution is -0.141. The molecule has 0 spiro atoms. The zero-order chi connectivity index (χ0) is 21.3. The number of nitrogens with one attached hydrogen (secondary N) is 1. The van der Waals surface area contributed by atoms with Crippen LogP contribution in [0.3, 0.4) is 0 Å². The van der Waals surface area contributed by atoms with Crippen LogP contribution in [0.4, 0.5) is 19.0 Å². The van der Waals surface area contributed by atoms with E-state index in [1.54, 1.807) is 26.1 Å². The van der Waals surface area contributed by atoms with Gasteiger partial charge in [0.25, 0.3) is 5.91 Å². The van der Waals surface area contributed by atoms with Crippen molar-refractivity contribution in [1.82, 2.24) is 19.9 Å². The van der Waals surface area contributed by atoms with Crippen LogP contribution in [-0.2, 0) is 6.18 Å². The lowest BCUT2D eigenvalue weighted by Crippen LogP contribution is -2.46. The summed E-state index contributed by atoms with van der Waals surface area (Å²) in [5.41, 5.74) is 5.73. The molecule has 154 valence electrons. The third-order valence-corrected chi connectivity index (χ3v) is 4.96. The van der Waals surface area contributed by atoms with Gasteiger partial charge in [0, 0.05) is 31.1 Å². The van der Waals surface area contributed by atoms with Gasteiger partial charge in [0.2, 0.25) is 0 Å². The van der Waals surface area contributed by atoms with Gasteiger partial charge in [-0.1, -0.05) is 11.6 Å². The first-order valence-corrected chi connectivity index (χ1v) is 9.05. The number of nitrogens with two attached hydrogens (primary N) is 1. The molecule has 1 unspecified atom stereocenters. The summed E-state index contributed by atoms with van der Waals surface area (Å²) >= 11 is 5.84. The molecule has 0 saturated carbocycles. The number of rotatable bonds is 3. The van der Waals surface area contributed by atoms with E-state index in [9.17, 15) is 18.0 Å². The Kier molecular flexibility index (Phi) is 5.65. The minimum absolute atomic E-state index is 0.243. The fourth-order valence-corrected chi connectivity index (χ4v) is 3.34. The second kappa shape index (κ2) is 7.86. The summed E-state index contributed by atoms with van der Waals surface area (Å²) in [7, 11) is 0. The summed E-state index contributed by atoms with van der Waals surface area (Å²) in [5, 5.41) is 2.40. The molecule has 11 heteroatoms. The van der Waals surface area contributed by atoms with E-state index >= 15 is 0 Å². The van der Waals surface area contributed by atoms with Crippen molar-refractivity contribution in [3.63, 3.8) is 0 Å². The third kappa shape index (κ3) is 4.26. The summed E-state index contributed by atoms with van der Waals surface area (Å²) in [6.45, 7) is 3.69. The zero-order valence-electron chi connectivity index (χ0n) is 15.6. The maximum atomic E-state index is 13.0. The third-order valence-electron chi connectivity index (χ3n) is 4.57. The largest absolute Gasteiger partial charge is 0.434 e. The minimum atomic E-state index is -4.76. The number of pyridine rings is 1. The van der Waals surface area contributed by atoms with Crippen molar-refractivity contribution in [2.24, 2.45) is 5.73 Å². The van der Waals surface area contributed by atoms with E-state index in [-0.39, 0.29) is 12.1 Å². The second-order valence-electron chi connectivity index (χ2n) is 6.49. The smallest absolute Gasteiger partial charge is 0.399 e. The highest BCUT2D eigenvalue weighted by Crippen LogP contribution is 2.35. The molecule has 0 bridgehead atoms. The van der Waals surface area contributed by atoms with Gasteiger partial charge < -0.3 is 16.0 Å². The lowest BCUT2D eigenvalue weighted by Gasteiger charge is -2.36. The van der Waals surface area contributed by atoms with Gasteiger partial charge in [0.15, 0.2) is 5.69 Å². The molecular weight excluding hydrogens is 409 g/mol. The number of nitrogens with zero attached hydrogens (tertiary/aromatic N) is 4. The van der Waals surface area contributed by atoms with E-state index < -0.39 is 28.8 Å². The van der Waals surface area contributed by atoms with Crippen molar-refractivity contribution in [2.45, 2.75) is 32.5 Å². The van der Waals surface area contributed by atoms with Crippen LogP contribution < -0.4 is 11.1 Å². The average molecular weight is 427 g/mol. The molecule has 1 atom stereocenters. The van der Waals surface area contributed by atoms with Gasteiger partial charge in [-0.15, -0.1) is 0 Å². The molecule has 7 nitrogen and oxygen atoms in total. The van der Waals surface area contributed by atoms with Crippen molar-refractivity contribution in [3.8, 4) is 0 Å². The number of carbonyl (C=O) groups excluding carboxylic acids is 1. The topological polar surface area (TPSA) is 97.0 Å². The summed E-state index contributed by atoms with van der Waals surface area (Å²) in [4.78, 5) is 25.8. The molecular formula is C18H18ClF3N6O. The van der Waals surface area contributed by atoms with Gasteiger partial charge in [-0.3, -0.25) is 9.78 Å². The molecule has 1 aliphatic rings. The molecule has 2 aromatic rings. The van der Waals surface area contributed by atoms with Gasteiger partial charge in [-0.25, -0.2) is 9.97 Å². The van der Waals surface area contributed by atoms with Crippen LogP contribution in [0, 0.1) is 6.92 Å². The first-order valence-electron chi connectivity index (χ1n) is 8.67. The second-order valence-corrected chi connectivity index (χ2v) is 6.87. The molecule has 3 heterocycles. The van der Waals surface area contributed by atoms with Crippen LogP contribution in [-0.4, -0.2) is 38.3 Å². The number of halogens is 4. The summed E-state index contributed by atoms with van der Waals surface area (Å²) in [5.74, 6) is 0.507. The highest BCUT2D eigenvalue weighted by atomic mass is 35.5. The van der Waals surface area contributed by atoms with E-state index in [1.807, 2.05) is 0 Å². The van der Waals surface area contributed by atoms with Crippen LogP contribution in [0.25, 0.3) is 0 Å². The molecule has 3 rings (SSSR count). The highest BCUT2D eigenvalue weighted by molar-refractivity contribution is 6.34. The predicted octanol–water partition coefficient (Wildman–Crippen LogP) is 3.37. The first-order chi connectivity index (χ1) is 13.6. The van der Waals surface area contributed by atoms with E-state index in [1.165, 1.54) is 11.0 Å². The van der Waals surface area contributed by atoms with E-state index in [0.29, 0.717) is 29.5 Å². The van der Waals surface area contributed by atoms with Crippen molar-refractivity contribution in [2.75, 3.05) is 11.9 Å². The molecule has 29 heavy (non-hydrogen) atoms. The first kappa shape index (κ1) is 20.8. The summed E-state index contributed by atoms with van der Waals surface area (Å²) in [6, 6.07) is 2.30. The number of carbonyl (C=O) groups is 1. The Labute approximate surface area is 169 Å². The number of anilines is 1. The maximum absolute atomic E-state index is 13.0. The van der Waals surface area contributed by atoms with Crippen LogP contribution >= 0.6 is 11.6 Å². The van der Waals surface area contributed by atoms with Crippen LogP contribution in [0.15, 0.2) is 35.9 Å². The van der Waals surface area contributed by atoms with Gasteiger partial charge in [0.05, 0.1) is 22.3 Å². The SMILES string of the molecule is Cc1nccc(NC2=C(N)C(C)N(C(=O)c3ccnc(C(F)(F)F)c3Cl)CC2)n1. The number of aromatic nitrogens is 3.